The van der Waals surface area contributed by atoms with Crippen LogP contribution in [0, 0.1) is 6.92 Å². The fourth-order valence-electron chi connectivity index (χ4n) is 1.77. The summed E-state index contributed by atoms with van der Waals surface area (Å²) in [6, 6.07) is 14.4. The van der Waals surface area contributed by atoms with Gasteiger partial charge in [-0.05, 0) is 30.7 Å². The van der Waals surface area contributed by atoms with Gasteiger partial charge in [-0.15, -0.1) is 0 Å². The summed E-state index contributed by atoms with van der Waals surface area (Å²) in [6.45, 7) is 1.89. The van der Waals surface area contributed by atoms with Gasteiger partial charge in [0.05, 0.1) is 17.8 Å². The lowest BCUT2D eigenvalue weighted by Crippen LogP contribution is -2.19. The molecule has 1 N–H and O–H groups in total. The van der Waals surface area contributed by atoms with E-state index < -0.39 is 5.91 Å². The van der Waals surface area contributed by atoms with Crippen LogP contribution in [-0.4, -0.2) is 13.0 Å². The number of hydrogen-bond donors (Lipinski definition) is 1. The third kappa shape index (κ3) is 4.02. The van der Waals surface area contributed by atoms with E-state index in [4.69, 9.17) is 21.1 Å². The van der Waals surface area contributed by atoms with E-state index in [0.29, 0.717) is 16.5 Å². The van der Waals surface area contributed by atoms with Crippen LogP contribution in [0.4, 0.5) is 5.69 Å². The zero-order valence-electron chi connectivity index (χ0n) is 12.3. The zero-order chi connectivity index (χ0) is 15.9. The molecule has 2 rings (SSSR count). The fraction of sp³-hybridized carbons (Fsp3) is 0.118. The number of para-hydroxylation sites is 2. The summed E-state index contributed by atoms with van der Waals surface area (Å²) in [7, 11) is 1.45. The smallest absolute Gasteiger partial charge is 0.294 e. The highest BCUT2D eigenvalue weighted by atomic mass is 35.5. The van der Waals surface area contributed by atoms with E-state index in [1.165, 1.54) is 13.4 Å². The second kappa shape index (κ2) is 7.52. The van der Waals surface area contributed by atoms with Gasteiger partial charge in [0.15, 0.2) is 0 Å². The second-order valence-corrected chi connectivity index (χ2v) is 4.93. The maximum atomic E-state index is 12.3. The van der Waals surface area contributed by atoms with Crippen LogP contribution >= 0.6 is 11.6 Å². The van der Waals surface area contributed by atoms with Crippen molar-refractivity contribution in [2.24, 2.45) is 0 Å². The molecule has 0 bridgehead atoms. The van der Waals surface area contributed by atoms with Crippen LogP contribution in [0.5, 0.6) is 5.75 Å². The molecule has 0 saturated heterocycles. The summed E-state index contributed by atoms with van der Waals surface area (Å²) in [5.41, 5.74) is 1.42. The fourth-order valence-corrected chi connectivity index (χ4v) is 1.95. The van der Waals surface area contributed by atoms with Gasteiger partial charge in [0.25, 0.3) is 5.91 Å². The molecule has 0 saturated carbocycles. The average molecular weight is 318 g/mol. The highest BCUT2D eigenvalue weighted by molar-refractivity contribution is 6.33. The molecular weight excluding hydrogens is 302 g/mol. The molecule has 0 aliphatic carbocycles. The van der Waals surface area contributed by atoms with E-state index in [1.54, 1.807) is 30.3 Å². The highest BCUT2D eigenvalue weighted by Gasteiger charge is 2.15. The molecule has 2 aromatic rings. The molecular formula is C17H16ClNO3. The Morgan fingerprint density at radius 1 is 1.14 bits per heavy atom. The van der Waals surface area contributed by atoms with Gasteiger partial charge in [0, 0.05) is 0 Å². The van der Waals surface area contributed by atoms with E-state index in [2.05, 4.69) is 5.32 Å². The van der Waals surface area contributed by atoms with Gasteiger partial charge in [-0.25, -0.2) is 0 Å². The molecule has 0 spiro atoms. The number of rotatable bonds is 5. The van der Waals surface area contributed by atoms with Crippen molar-refractivity contribution in [2.75, 3.05) is 12.4 Å². The van der Waals surface area contributed by atoms with Gasteiger partial charge in [0.2, 0.25) is 5.76 Å². The Morgan fingerprint density at radius 2 is 1.82 bits per heavy atom. The van der Waals surface area contributed by atoms with Crippen molar-refractivity contribution in [1.82, 2.24) is 0 Å². The molecule has 5 heteroatoms. The minimum absolute atomic E-state index is 0.0386. The molecule has 0 radical (unpaired) electrons. The number of aryl methyl sites for hydroxylation is 1. The van der Waals surface area contributed by atoms with Crippen molar-refractivity contribution in [3.8, 4) is 5.75 Å². The lowest BCUT2D eigenvalue weighted by atomic mass is 10.2. The minimum atomic E-state index is -0.446. The molecule has 4 nitrogen and oxygen atoms in total. The number of carbonyl (C=O) groups excluding carboxylic acids is 1. The summed E-state index contributed by atoms with van der Waals surface area (Å²) >= 11 is 6.03. The van der Waals surface area contributed by atoms with Crippen LogP contribution in [0.2, 0.25) is 5.02 Å². The predicted octanol–water partition coefficient (Wildman–Crippen LogP) is 4.15. The van der Waals surface area contributed by atoms with Crippen molar-refractivity contribution >= 4 is 23.2 Å². The van der Waals surface area contributed by atoms with E-state index in [0.717, 1.165) is 5.56 Å². The molecule has 0 heterocycles. The van der Waals surface area contributed by atoms with Crippen LogP contribution in [-0.2, 0) is 9.53 Å². The van der Waals surface area contributed by atoms with Gasteiger partial charge in [-0.3, -0.25) is 4.79 Å². The second-order valence-electron chi connectivity index (χ2n) is 4.52. The Balaban J connectivity index is 2.18. The van der Waals surface area contributed by atoms with Crippen LogP contribution in [0.15, 0.2) is 60.6 Å². The van der Waals surface area contributed by atoms with Gasteiger partial charge in [-0.1, -0.05) is 41.9 Å². The first-order valence-electron chi connectivity index (χ1n) is 6.64. The Morgan fingerprint density at radius 3 is 2.50 bits per heavy atom. The summed E-state index contributed by atoms with van der Waals surface area (Å²) in [5.74, 6) is 0.176. The molecule has 0 aromatic heterocycles. The van der Waals surface area contributed by atoms with Gasteiger partial charge in [0.1, 0.15) is 12.0 Å². The summed E-state index contributed by atoms with van der Waals surface area (Å²) < 4.78 is 10.6. The summed E-state index contributed by atoms with van der Waals surface area (Å²) in [6.07, 6.45) is 1.25. The Labute approximate surface area is 134 Å². The van der Waals surface area contributed by atoms with Crippen molar-refractivity contribution in [1.29, 1.82) is 0 Å². The van der Waals surface area contributed by atoms with Crippen molar-refractivity contribution in [2.45, 2.75) is 6.92 Å². The van der Waals surface area contributed by atoms with Crippen LogP contribution in [0.1, 0.15) is 5.56 Å². The lowest BCUT2D eigenvalue weighted by molar-refractivity contribution is -0.115. The van der Waals surface area contributed by atoms with Crippen molar-refractivity contribution < 1.29 is 14.3 Å². The van der Waals surface area contributed by atoms with E-state index in [-0.39, 0.29) is 5.76 Å². The molecule has 114 valence electrons. The molecule has 2 aromatic carbocycles. The standard InChI is InChI=1S/C17H16ClNO3/c1-12-7-3-6-10-15(12)22-16(11-21-2)17(20)19-14-9-5-4-8-13(14)18/h3-11H,1-2H3,(H,19,20). The molecule has 1 amide bonds. The SMILES string of the molecule is COC=C(Oc1ccccc1C)C(=O)Nc1ccccc1Cl. The van der Waals surface area contributed by atoms with Crippen LogP contribution < -0.4 is 10.1 Å². The van der Waals surface area contributed by atoms with E-state index >= 15 is 0 Å². The normalized spacial score (nSPS) is 11.0. The molecule has 0 unspecified atom stereocenters. The van der Waals surface area contributed by atoms with E-state index in [1.807, 2.05) is 25.1 Å². The molecule has 22 heavy (non-hydrogen) atoms. The predicted molar refractivity (Wildman–Crippen MR) is 87.0 cm³/mol. The molecule has 0 fully saturated rings. The number of nitrogens with one attached hydrogen (secondary N) is 1. The van der Waals surface area contributed by atoms with Gasteiger partial charge >= 0.3 is 0 Å². The Kier molecular flexibility index (Phi) is 5.44. The number of halogens is 1. The first-order chi connectivity index (χ1) is 10.6. The Bertz CT molecular complexity index is 698. The number of amides is 1. The number of methoxy groups -OCH3 is 1. The number of ether oxygens (including phenoxy) is 2. The maximum Gasteiger partial charge on any atom is 0.294 e. The minimum Gasteiger partial charge on any atom is -0.500 e. The third-order valence-electron chi connectivity index (χ3n) is 2.88. The number of carbonyl (C=O) groups is 1. The summed E-state index contributed by atoms with van der Waals surface area (Å²) in [5, 5.41) is 3.14. The Hall–Kier alpha value is -2.46. The van der Waals surface area contributed by atoms with Gasteiger partial charge < -0.3 is 14.8 Å². The lowest BCUT2D eigenvalue weighted by Gasteiger charge is -2.12. The highest BCUT2D eigenvalue weighted by Crippen LogP contribution is 2.23. The molecule has 0 atom stereocenters. The number of benzene rings is 2. The van der Waals surface area contributed by atoms with Gasteiger partial charge in [-0.2, -0.15) is 0 Å². The average Bonchev–Trinajstić information content (AvgIpc) is 2.51. The number of anilines is 1. The van der Waals surface area contributed by atoms with E-state index in [9.17, 15) is 4.79 Å². The van der Waals surface area contributed by atoms with Crippen molar-refractivity contribution in [3.63, 3.8) is 0 Å². The maximum absolute atomic E-state index is 12.3. The third-order valence-corrected chi connectivity index (χ3v) is 3.21. The first kappa shape index (κ1) is 15.9. The first-order valence-corrected chi connectivity index (χ1v) is 7.02. The molecule has 0 aliphatic rings. The topological polar surface area (TPSA) is 47.6 Å². The van der Waals surface area contributed by atoms with Crippen LogP contribution in [0.25, 0.3) is 0 Å². The van der Waals surface area contributed by atoms with Crippen LogP contribution in [0.3, 0.4) is 0 Å². The number of hydrogen-bond acceptors (Lipinski definition) is 3. The van der Waals surface area contributed by atoms with Crippen molar-refractivity contribution in [3.05, 3.63) is 71.1 Å². The summed E-state index contributed by atoms with van der Waals surface area (Å²) in [4.78, 5) is 12.3. The largest absolute Gasteiger partial charge is 0.500 e. The zero-order valence-corrected chi connectivity index (χ0v) is 13.1. The monoisotopic (exact) mass is 317 g/mol. The quantitative estimate of drug-likeness (QED) is 0.665. The molecule has 0 aliphatic heterocycles.